The van der Waals surface area contributed by atoms with E-state index in [1.807, 2.05) is 30.3 Å². The molecule has 0 amide bonds. The van der Waals surface area contributed by atoms with Crippen molar-refractivity contribution in [3.8, 4) is 11.8 Å². The summed E-state index contributed by atoms with van der Waals surface area (Å²) in [7, 11) is 0. The molecule has 4 heteroatoms. The molecule has 0 aromatic heterocycles. The van der Waals surface area contributed by atoms with Crippen LogP contribution in [0.15, 0.2) is 42.5 Å². The summed E-state index contributed by atoms with van der Waals surface area (Å²) in [4.78, 5) is 0. The van der Waals surface area contributed by atoms with E-state index in [1.54, 1.807) is 6.07 Å². The molecule has 0 fully saturated rings. The van der Waals surface area contributed by atoms with Crippen molar-refractivity contribution in [2.24, 2.45) is 0 Å². The highest BCUT2D eigenvalue weighted by Gasteiger charge is 2.04. The van der Waals surface area contributed by atoms with E-state index < -0.39 is 5.82 Å². The summed E-state index contributed by atoms with van der Waals surface area (Å²) in [6, 6.07) is 13.9. The number of benzene rings is 2. The molecule has 2 aromatic carbocycles. The fraction of sp³-hybridized carbons (Fsp3) is 0.235. The van der Waals surface area contributed by atoms with Crippen LogP contribution in [0.3, 0.4) is 0 Å². The molecule has 0 bridgehead atoms. The van der Waals surface area contributed by atoms with E-state index in [2.05, 4.69) is 12.2 Å². The second-order valence-corrected chi connectivity index (χ2v) is 4.65. The number of hydrogen-bond acceptors (Lipinski definition) is 3. The lowest BCUT2D eigenvalue weighted by molar-refractivity contribution is 0.317. The molecule has 0 saturated carbocycles. The number of nitrogens with zero attached hydrogens (tertiary/aromatic N) is 1. The van der Waals surface area contributed by atoms with Gasteiger partial charge in [0.1, 0.15) is 17.6 Å². The van der Waals surface area contributed by atoms with Crippen LogP contribution in [-0.2, 0) is 6.54 Å². The van der Waals surface area contributed by atoms with Gasteiger partial charge in [-0.2, -0.15) is 5.26 Å². The molecule has 108 valence electrons. The number of nitriles is 1. The zero-order valence-electron chi connectivity index (χ0n) is 11.9. The minimum absolute atomic E-state index is 0.299. The van der Waals surface area contributed by atoms with E-state index in [-0.39, 0.29) is 0 Å². The Hall–Kier alpha value is -2.54. The maximum Gasteiger partial charge on any atom is 0.124 e. The molecular formula is C17H17FN2O. The minimum Gasteiger partial charge on any atom is -0.494 e. The van der Waals surface area contributed by atoms with Crippen LogP contribution >= 0.6 is 0 Å². The van der Waals surface area contributed by atoms with Crippen molar-refractivity contribution in [2.45, 2.75) is 19.9 Å². The van der Waals surface area contributed by atoms with Crippen molar-refractivity contribution in [3.63, 3.8) is 0 Å². The topological polar surface area (TPSA) is 45.0 Å². The quantitative estimate of drug-likeness (QED) is 0.868. The zero-order chi connectivity index (χ0) is 15.1. The van der Waals surface area contributed by atoms with Crippen LogP contribution in [0.2, 0.25) is 0 Å². The Kier molecular flexibility index (Phi) is 5.16. The van der Waals surface area contributed by atoms with Crippen molar-refractivity contribution in [1.29, 1.82) is 5.26 Å². The highest BCUT2D eigenvalue weighted by Crippen LogP contribution is 2.19. The number of nitrogens with one attached hydrogen (secondary N) is 1. The van der Waals surface area contributed by atoms with Gasteiger partial charge in [-0.05, 0) is 42.3 Å². The Bertz CT molecular complexity index is 649. The molecule has 0 unspecified atom stereocenters. The van der Waals surface area contributed by atoms with Gasteiger partial charge in [0.15, 0.2) is 0 Å². The molecule has 0 spiro atoms. The standard InChI is InChI=1S/C17H17FN2O/c1-2-8-21-16-5-3-4-13(9-16)12-20-17-7-6-15(18)10-14(17)11-19/h3-7,9-10,20H,2,8,12H2,1H3. The van der Waals surface area contributed by atoms with Crippen molar-refractivity contribution < 1.29 is 9.13 Å². The summed E-state index contributed by atoms with van der Waals surface area (Å²) in [6.45, 7) is 3.29. The highest BCUT2D eigenvalue weighted by atomic mass is 19.1. The van der Waals surface area contributed by atoms with Crippen LogP contribution in [-0.4, -0.2) is 6.61 Å². The lowest BCUT2D eigenvalue weighted by Gasteiger charge is -2.10. The van der Waals surface area contributed by atoms with Gasteiger partial charge >= 0.3 is 0 Å². The van der Waals surface area contributed by atoms with E-state index in [0.29, 0.717) is 24.4 Å². The van der Waals surface area contributed by atoms with E-state index in [9.17, 15) is 4.39 Å². The maximum atomic E-state index is 13.1. The molecule has 3 nitrogen and oxygen atoms in total. The molecule has 2 rings (SSSR count). The van der Waals surface area contributed by atoms with Crippen molar-refractivity contribution >= 4 is 5.69 Å². The Labute approximate surface area is 124 Å². The first-order valence-electron chi connectivity index (χ1n) is 6.88. The van der Waals surface area contributed by atoms with Gasteiger partial charge in [0.25, 0.3) is 0 Å². The number of hydrogen-bond donors (Lipinski definition) is 1. The van der Waals surface area contributed by atoms with Crippen LogP contribution in [0.25, 0.3) is 0 Å². The first kappa shape index (κ1) is 14.9. The van der Waals surface area contributed by atoms with Gasteiger partial charge in [0, 0.05) is 6.54 Å². The van der Waals surface area contributed by atoms with Gasteiger partial charge in [0.2, 0.25) is 0 Å². The van der Waals surface area contributed by atoms with Crippen molar-refractivity contribution in [3.05, 3.63) is 59.4 Å². The molecule has 0 atom stereocenters. The van der Waals surface area contributed by atoms with E-state index in [4.69, 9.17) is 10.00 Å². The summed E-state index contributed by atoms with van der Waals surface area (Å²) < 4.78 is 18.7. The van der Waals surface area contributed by atoms with Crippen LogP contribution < -0.4 is 10.1 Å². The fourth-order valence-corrected chi connectivity index (χ4v) is 1.93. The van der Waals surface area contributed by atoms with E-state index in [1.165, 1.54) is 12.1 Å². The minimum atomic E-state index is -0.410. The molecule has 0 saturated heterocycles. The summed E-state index contributed by atoms with van der Waals surface area (Å²) in [5.74, 6) is 0.419. The first-order chi connectivity index (χ1) is 10.2. The molecule has 0 heterocycles. The summed E-state index contributed by atoms with van der Waals surface area (Å²) >= 11 is 0. The Morgan fingerprint density at radius 2 is 2.10 bits per heavy atom. The van der Waals surface area contributed by atoms with Crippen molar-refractivity contribution in [1.82, 2.24) is 0 Å². The molecule has 21 heavy (non-hydrogen) atoms. The van der Waals surface area contributed by atoms with Crippen LogP contribution in [0.1, 0.15) is 24.5 Å². The zero-order valence-corrected chi connectivity index (χ0v) is 11.9. The molecular weight excluding hydrogens is 267 g/mol. The summed E-state index contributed by atoms with van der Waals surface area (Å²) in [5, 5.41) is 12.2. The third-order valence-corrected chi connectivity index (χ3v) is 2.96. The molecule has 2 aromatic rings. The average Bonchev–Trinajstić information content (AvgIpc) is 2.52. The molecule has 1 N–H and O–H groups in total. The Morgan fingerprint density at radius 1 is 1.24 bits per heavy atom. The largest absolute Gasteiger partial charge is 0.494 e. The summed E-state index contributed by atoms with van der Waals surface area (Å²) in [5.41, 5.74) is 1.96. The first-order valence-corrected chi connectivity index (χ1v) is 6.88. The molecule has 0 aliphatic carbocycles. The molecule has 0 radical (unpaired) electrons. The van der Waals surface area contributed by atoms with E-state index in [0.717, 1.165) is 17.7 Å². The number of rotatable bonds is 6. The van der Waals surface area contributed by atoms with Gasteiger partial charge in [-0.25, -0.2) is 4.39 Å². The SMILES string of the molecule is CCCOc1cccc(CNc2ccc(F)cc2C#N)c1. The van der Waals surface area contributed by atoms with Gasteiger partial charge in [0.05, 0.1) is 17.9 Å². The monoisotopic (exact) mass is 284 g/mol. The normalized spacial score (nSPS) is 9.95. The lowest BCUT2D eigenvalue weighted by atomic mass is 10.1. The molecule has 0 aliphatic rings. The Morgan fingerprint density at radius 3 is 2.86 bits per heavy atom. The smallest absolute Gasteiger partial charge is 0.124 e. The number of ether oxygens (including phenoxy) is 1. The number of halogens is 1. The third-order valence-electron chi connectivity index (χ3n) is 2.96. The van der Waals surface area contributed by atoms with Gasteiger partial charge < -0.3 is 10.1 Å². The predicted octanol–water partition coefficient (Wildman–Crippen LogP) is 4.10. The van der Waals surface area contributed by atoms with Gasteiger partial charge in [-0.3, -0.25) is 0 Å². The third kappa shape index (κ3) is 4.22. The fourth-order valence-electron chi connectivity index (χ4n) is 1.93. The maximum absolute atomic E-state index is 13.1. The molecule has 0 aliphatic heterocycles. The highest BCUT2D eigenvalue weighted by molar-refractivity contribution is 5.57. The van der Waals surface area contributed by atoms with Gasteiger partial charge in [-0.15, -0.1) is 0 Å². The number of anilines is 1. The van der Waals surface area contributed by atoms with E-state index >= 15 is 0 Å². The second-order valence-electron chi connectivity index (χ2n) is 4.65. The Balaban J connectivity index is 2.05. The van der Waals surface area contributed by atoms with Crippen LogP contribution in [0.4, 0.5) is 10.1 Å². The van der Waals surface area contributed by atoms with Gasteiger partial charge in [-0.1, -0.05) is 19.1 Å². The lowest BCUT2D eigenvalue weighted by Crippen LogP contribution is -2.02. The van der Waals surface area contributed by atoms with Crippen LogP contribution in [0, 0.1) is 17.1 Å². The van der Waals surface area contributed by atoms with Crippen molar-refractivity contribution in [2.75, 3.05) is 11.9 Å². The van der Waals surface area contributed by atoms with Crippen LogP contribution in [0.5, 0.6) is 5.75 Å². The average molecular weight is 284 g/mol. The summed E-state index contributed by atoms with van der Waals surface area (Å²) in [6.07, 6.45) is 0.962. The predicted molar refractivity (Wildman–Crippen MR) is 80.7 cm³/mol. The second kappa shape index (κ2) is 7.30.